The lowest BCUT2D eigenvalue weighted by atomic mass is 9.89. The van der Waals surface area contributed by atoms with Crippen molar-refractivity contribution in [3.05, 3.63) is 64.0 Å². The first-order chi connectivity index (χ1) is 13.6. The molecule has 0 atom stereocenters. The van der Waals surface area contributed by atoms with Crippen molar-refractivity contribution in [3.63, 3.8) is 0 Å². The van der Waals surface area contributed by atoms with Crippen molar-refractivity contribution in [3.8, 4) is 17.2 Å². The van der Waals surface area contributed by atoms with Gasteiger partial charge in [-0.3, -0.25) is 9.59 Å². The normalized spacial score (nSPS) is 14.8. The van der Waals surface area contributed by atoms with E-state index in [-0.39, 0.29) is 23.1 Å². The standard InChI is InChI=1S/C22H19ClO5/c23-17-8-4-5-9-18(17)28-20-13-26-19-12-15(10-11-16(19)21(20)24)27-22(25)14-6-2-1-3-7-14/h4-5,8-14H,1-3,6-7H2. The van der Waals surface area contributed by atoms with E-state index in [0.717, 1.165) is 25.7 Å². The highest BCUT2D eigenvalue weighted by Crippen LogP contribution is 2.30. The van der Waals surface area contributed by atoms with Crippen LogP contribution < -0.4 is 14.9 Å². The summed E-state index contributed by atoms with van der Waals surface area (Å²) >= 11 is 6.07. The van der Waals surface area contributed by atoms with Gasteiger partial charge >= 0.3 is 5.97 Å². The van der Waals surface area contributed by atoms with Crippen LogP contribution in [-0.2, 0) is 4.79 Å². The third kappa shape index (κ3) is 3.90. The van der Waals surface area contributed by atoms with E-state index in [1.165, 1.54) is 12.7 Å². The van der Waals surface area contributed by atoms with Gasteiger partial charge < -0.3 is 13.9 Å². The Labute approximate surface area is 166 Å². The molecule has 1 saturated carbocycles. The number of hydrogen-bond donors (Lipinski definition) is 0. The van der Waals surface area contributed by atoms with E-state index in [1.54, 1.807) is 42.5 Å². The van der Waals surface area contributed by atoms with E-state index >= 15 is 0 Å². The van der Waals surface area contributed by atoms with Gasteiger partial charge in [0.2, 0.25) is 11.2 Å². The maximum Gasteiger partial charge on any atom is 0.314 e. The van der Waals surface area contributed by atoms with Gasteiger partial charge in [0, 0.05) is 6.07 Å². The lowest BCUT2D eigenvalue weighted by Gasteiger charge is -2.19. The summed E-state index contributed by atoms with van der Waals surface area (Å²) in [5, 5.41) is 0.731. The summed E-state index contributed by atoms with van der Waals surface area (Å²) in [6.07, 6.45) is 6.25. The Morgan fingerprint density at radius 1 is 1.04 bits per heavy atom. The first kappa shape index (κ1) is 18.6. The van der Waals surface area contributed by atoms with Crippen molar-refractivity contribution >= 4 is 28.5 Å². The monoisotopic (exact) mass is 398 g/mol. The van der Waals surface area contributed by atoms with Gasteiger partial charge in [-0.25, -0.2) is 0 Å². The number of fused-ring (bicyclic) bond motifs is 1. The smallest absolute Gasteiger partial charge is 0.314 e. The van der Waals surface area contributed by atoms with Gasteiger partial charge in [0.1, 0.15) is 23.3 Å². The molecule has 0 aliphatic heterocycles. The van der Waals surface area contributed by atoms with E-state index in [9.17, 15) is 9.59 Å². The Balaban J connectivity index is 1.57. The van der Waals surface area contributed by atoms with Crippen molar-refractivity contribution in [2.75, 3.05) is 0 Å². The summed E-state index contributed by atoms with van der Waals surface area (Å²) in [6, 6.07) is 11.6. The van der Waals surface area contributed by atoms with Crippen LogP contribution in [0.1, 0.15) is 32.1 Å². The van der Waals surface area contributed by atoms with Crippen LogP contribution in [0.25, 0.3) is 11.0 Å². The van der Waals surface area contributed by atoms with Crippen molar-refractivity contribution < 1.29 is 18.7 Å². The van der Waals surface area contributed by atoms with Gasteiger partial charge in [-0.05, 0) is 37.1 Å². The van der Waals surface area contributed by atoms with E-state index in [1.807, 2.05) is 0 Å². The van der Waals surface area contributed by atoms with Crippen molar-refractivity contribution in [2.45, 2.75) is 32.1 Å². The number of para-hydroxylation sites is 1. The van der Waals surface area contributed by atoms with E-state index in [2.05, 4.69) is 0 Å². The molecular formula is C22H19ClO5. The van der Waals surface area contributed by atoms with Crippen LogP contribution >= 0.6 is 11.6 Å². The highest BCUT2D eigenvalue weighted by Gasteiger charge is 2.23. The second kappa shape index (κ2) is 8.07. The topological polar surface area (TPSA) is 65.7 Å². The highest BCUT2D eigenvalue weighted by molar-refractivity contribution is 6.32. The molecule has 0 radical (unpaired) electrons. The molecule has 144 valence electrons. The fourth-order valence-electron chi connectivity index (χ4n) is 3.41. The summed E-state index contributed by atoms with van der Waals surface area (Å²) in [5.41, 5.74) is -0.00298. The molecule has 6 heteroatoms. The number of halogens is 1. The Morgan fingerprint density at radius 2 is 1.82 bits per heavy atom. The van der Waals surface area contributed by atoms with Crippen LogP contribution in [-0.4, -0.2) is 5.97 Å². The molecule has 0 saturated heterocycles. The minimum Gasteiger partial charge on any atom is -0.460 e. The van der Waals surface area contributed by atoms with Gasteiger partial charge in [0.05, 0.1) is 16.3 Å². The van der Waals surface area contributed by atoms with Gasteiger partial charge in [0.15, 0.2) is 0 Å². The molecule has 28 heavy (non-hydrogen) atoms. The van der Waals surface area contributed by atoms with Crippen LogP contribution in [0.5, 0.6) is 17.2 Å². The lowest BCUT2D eigenvalue weighted by Crippen LogP contribution is -2.22. The maximum absolute atomic E-state index is 12.7. The van der Waals surface area contributed by atoms with Crippen LogP contribution in [0.3, 0.4) is 0 Å². The lowest BCUT2D eigenvalue weighted by molar-refractivity contribution is -0.139. The zero-order valence-electron chi connectivity index (χ0n) is 15.2. The molecule has 5 nitrogen and oxygen atoms in total. The Bertz CT molecular complexity index is 1070. The van der Waals surface area contributed by atoms with Crippen molar-refractivity contribution in [1.82, 2.24) is 0 Å². The summed E-state index contributed by atoms with van der Waals surface area (Å²) < 4.78 is 16.6. The molecule has 1 aliphatic carbocycles. The second-order valence-electron chi connectivity index (χ2n) is 6.88. The fraction of sp³-hybridized carbons (Fsp3) is 0.273. The Hall–Kier alpha value is -2.79. The molecule has 2 aromatic carbocycles. The molecule has 1 aliphatic rings. The molecule has 1 fully saturated rings. The second-order valence-corrected chi connectivity index (χ2v) is 7.28. The van der Waals surface area contributed by atoms with Crippen molar-refractivity contribution in [1.29, 1.82) is 0 Å². The average Bonchev–Trinajstić information content (AvgIpc) is 2.72. The van der Waals surface area contributed by atoms with E-state index < -0.39 is 0 Å². The number of rotatable bonds is 4. The van der Waals surface area contributed by atoms with Gasteiger partial charge in [0.25, 0.3) is 0 Å². The molecule has 0 spiro atoms. The molecule has 4 rings (SSSR count). The molecule has 0 N–H and O–H groups in total. The van der Waals surface area contributed by atoms with Crippen LogP contribution in [0, 0.1) is 5.92 Å². The molecule has 0 bridgehead atoms. The summed E-state index contributed by atoms with van der Waals surface area (Å²) in [4.78, 5) is 25.0. The quantitative estimate of drug-likeness (QED) is 0.415. The summed E-state index contributed by atoms with van der Waals surface area (Å²) in [5.74, 6) is 0.496. The first-order valence-corrected chi connectivity index (χ1v) is 9.69. The predicted molar refractivity (Wildman–Crippen MR) is 106 cm³/mol. The van der Waals surface area contributed by atoms with E-state index in [4.69, 9.17) is 25.5 Å². The molecule has 0 unspecified atom stereocenters. The zero-order chi connectivity index (χ0) is 19.5. The van der Waals surface area contributed by atoms with Gasteiger partial charge in [-0.1, -0.05) is 43.0 Å². The Morgan fingerprint density at radius 3 is 2.61 bits per heavy atom. The minimum atomic E-state index is -0.327. The molecule has 1 aromatic heterocycles. The molecule has 3 aromatic rings. The number of esters is 1. The highest BCUT2D eigenvalue weighted by atomic mass is 35.5. The largest absolute Gasteiger partial charge is 0.460 e. The fourth-order valence-corrected chi connectivity index (χ4v) is 3.58. The molecule has 1 heterocycles. The number of carbonyl (C=O) groups excluding carboxylic acids is 1. The average molecular weight is 399 g/mol. The van der Waals surface area contributed by atoms with Gasteiger partial charge in [-0.15, -0.1) is 0 Å². The van der Waals surface area contributed by atoms with Crippen LogP contribution in [0.4, 0.5) is 0 Å². The number of hydrogen-bond acceptors (Lipinski definition) is 5. The maximum atomic E-state index is 12.7. The SMILES string of the molecule is O=C(Oc1ccc2c(=O)c(Oc3ccccc3Cl)coc2c1)C1CCCCC1. The molecule has 0 amide bonds. The number of benzene rings is 2. The third-order valence-electron chi connectivity index (χ3n) is 4.93. The summed E-state index contributed by atoms with van der Waals surface area (Å²) in [7, 11) is 0. The van der Waals surface area contributed by atoms with Gasteiger partial charge in [-0.2, -0.15) is 0 Å². The summed E-state index contributed by atoms with van der Waals surface area (Å²) in [6.45, 7) is 0. The minimum absolute atomic E-state index is 0.0348. The van der Waals surface area contributed by atoms with Crippen LogP contribution in [0.2, 0.25) is 5.02 Å². The molecular weight excluding hydrogens is 380 g/mol. The first-order valence-electron chi connectivity index (χ1n) is 9.31. The number of carbonyl (C=O) groups is 1. The zero-order valence-corrected chi connectivity index (χ0v) is 15.9. The number of ether oxygens (including phenoxy) is 2. The van der Waals surface area contributed by atoms with E-state index in [0.29, 0.717) is 27.5 Å². The predicted octanol–water partition coefficient (Wildman–Crippen LogP) is 5.72. The van der Waals surface area contributed by atoms with Crippen LogP contribution in [0.15, 0.2) is 57.9 Å². The Kier molecular flexibility index (Phi) is 5.35. The third-order valence-corrected chi connectivity index (χ3v) is 5.24. The van der Waals surface area contributed by atoms with Crippen molar-refractivity contribution in [2.24, 2.45) is 5.92 Å².